The summed E-state index contributed by atoms with van der Waals surface area (Å²) in [6, 6.07) is 3.81. The molecule has 0 spiro atoms. The molecule has 0 amide bonds. The third kappa shape index (κ3) is 3.18. The Bertz CT molecular complexity index is 399. The first kappa shape index (κ1) is 12.4. The van der Waals surface area contributed by atoms with Gasteiger partial charge in [0.2, 0.25) is 0 Å². The van der Waals surface area contributed by atoms with Crippen LogP contribution in [0.3, 0.4) is 0 Å². The van der Waals surface area contributed by atoms with Crippen LogP contribution in [0.1, 0.15) is 19.4 Å². The van der Waals surface area contributed by atoms with Crippen molar-refractivity contribution >= 4 is 11.7 Å². The highest BCUT2D eigenvalue weighted by Gasteiger charge is 2.20. The summed E-state index contributed by atoms with van der Waals surface area (Å²) in [6.07, 6.45) is 0. The third-order valence-electron chi connectivity index (χ3n) is 2.09. The van der Waals surface area contributed by atoms with E-state index in [1.807, 2.05) is 0 Å². The van der Waals surface area contributed by atoms with Crippen LogP contribution in [0.25, 0.3) is 0 Å². The number of carbonyl (C=O) groups is 1. The van der Waals surface area contributed by atoms with Gasteiger partial charge in [-0.3, -0.25) is 4.79 Å². The quantitative estimate of drug-likeness (QED) is 0.834. The molecule has 5 heteroatoms. The SMILES string of the molecule is CC(C)(F)c1ccc(NCC(=O)O)c(F)c1. The summed E-state index contributed by atoms with van der Waals surface area (Å²) in [5.41, 5.74) is -1.35. The van der Waals surface area contributed by atoms with Gasteiger partial charge in [-0.25, -0.2) is 8.78 Å². The van der Waals surface area contributed by atoms with Gasteiger partial charge in [-0.2, -0.15) is 0 Å². The third-order valence-corrected chi connectivity index (χ3v) is 2.09. The van der Waals surface area contributed by atoms with E-state index in [4.69, 9.17) is 5.11 Å². The smallest absolute Gasteiger partial charge is 0.322 e. The van der Waals surface area contributed by atoms with Gasteiger partial charge >= 0.3 is 5.97 Å². The van der Waals surface area contributed by atoms with Crippen LogP contribution in [0.5, 0.6) is 0 Å². The fourth-order valence-corrected chi connectivity index (χ4v) is 1.20. The molecule has 0 atom stereocenters. The Labute approximate surface area is 92.1 Å². The molecule has 0 bridgehead atoms. The number of hydrogen-bond acceptors (Lipinski definition) is 2. The zero-order valence-corrected chi connectivity index (χ0v) is 9.05. The Morgan fingerprint density at radius 1 is 1.50 bits per heavy atom. The fourth-order valence-electron chi connectivity index (χ4n) is 1.20. The molecular formula is C11H13F2NO2. The van der Waals surface area contributed by atoms with Crippen molar-refractivity contribution in [2.24, 2.45) is 0 Å². The molecule has 1 aromatic carbocycles. The lowest BCUT2D eigenvalue weighted by Crippen LogP contribution is -2.14. The summed E-state index contributed by atoms with van der Waals surface area (Å²) < 4.78 is 26.9. The van der Waals surface area contributed by atoms with Gasteiger partial charge < -0.3 is 10.4 Å². The van der Waals surface area contributed by atoms with Crippen LogP contribution >= 0.6 is 0 Å². The molecule has 0 heterocycles. The number of aliphatic carboxylic acids is 1. The van der Waals surface area contributed by atoms with Crippen LogP contribution in [-0.2, 0) is 10.5 Å². The van der Waals surface area contributed by atoms with Crippen molar-refractivity contribution in [2.75, 3.05) is 11.9 Å². The number of rotatable bonds is 4. The highest BCUT2D eigenvalue weighted by molar-refractivity contribution is 5.72. The lowest BCUT2D eigenvalue weighted by molar-refractivity contribution is -0.134. The molecule has 0 aliphatic carbocycles. The predicted molar refractivity (Wildman–Crippen MR) is 56.7 cm³/mol. The van der Waals surface area contributed by atoms with E-state index in [0.717, 1.165) is 6.07 Å². The summed E-state index contributed by atoms with van der Waals surface area (Å²) in [5, 5.41) is 10.8. The second kappa shape index (κ2) is 4.47. The lowest BCUT2D eigenvalue weighted by Gasteiger charge is -2.15. The predicted octanol–water partition coefficient (Wildman–Crippen LogP) is 2.53. The molecular weight excluding hydrogens is 216 g/mol. The zero-order chi connectivity index (χ0) is 12.3. The Balaban J connectivity index is 2.88. The van der Waals surface area contributed by atoms with E-state index >= 15 is 0 Å². The lowest BCUT2D eigenvalue weighted by atomic mass is 10.00. The van der Waals surface area contributed by atoms with E-state index in [1.165, 1.54) is 26.0 Å². The highest BCUT2D eigenvalue weighted by Crippen LogP contribution is 2.27. The largest absolute Gasteiger partial charge is 0.480 e. The van der Waals surface area contributed by atoms with Crippen LogP contribution in [0.2, 0.25) is 0 Å². The standard InChI is InChI=1S/C11H13F2NO2/c1-11(2,13)7-3-4-9(8(12)5-7)14-6-10(15)16/h3-5,14H,6H2,1-2H3,(H,15,16). The summed E-state index contributed by atoms with van der Waals surface area (Å²) in [5.74, 6) is -1.75. The zero-order valence-electron chi connectivity index (χ0n) is 9.05. The number of benzene rings is 1. The maximum Gasteiger partial charge on any atom is 0.322 e. The van der Waals surface area contributed by atoms with Gasteiger partial charge in [-0.05, 0) is 31.5 Å². The van der Waals surface area contributed by atoms with E-state index < -0.39 is 17.5 Å². The van der Waals surface area contributed by atoms with Crippen LogP contribution in [0, 0.1) is 5.82 Å². The van der Waals surface area contributed by atoms with E-state index in [2.05, 4.69) is 5.32 Å². The Morgan fingerprint density at radius 2 is 2.12 bits per heavy atom. The van der Waals surface area contributed by atoms with Gasteiger partial charge in [0, 0.05) is 0 Å². The van der Waals surface area contributed by atoms with Gasteiger partial charge in [-0.1, -0.05) is 6.07 Å². The molecule has 0 radical (unpaired) electrons. The molecule has 16 heavy (non-hydrogen) atoms. The Morgan fingerprint density at radius 3 is 2.56 bits per heavy atom. The summed E-state index contributed by atoms with van der Waals surface area (Å²) in [6.45, 7) is 2.27. The van der Waals surface area contributed by atoms with Gasteiger partial charge in [-0.15, -0.1) is 0 Å². The molecule has 2 N–H and O–H groups in total. The number of hydrogen-bond donors (Lipinski definition) is 2. The van der Waals surface area contributed by atoms with Crippen molar-refractivity contribution in [3.63, 3.8) is 0 Å². The molecule has 0 fully saturated rings. The first-order chi connectivity index (χ1) is 7.30. The van der Waals surface area contributed by atoms with E-state index in [1.54, 1.807) is 0 Å². The molecule has 0 saturated carbocycles. The van der Waals surface area contributed by atoms with Crippen molar-refractivity contribution in [3.8, 4) is 0 Å². The Kier molecular flexibility index (Phi) is 3.47. The van der Waals surface area contributed by atoms with Gasteiger partial charge in [0.25, 0.3) is 0 Å². The number of alkyl halides is 1. The van der Waals surface area contributed by atoms with Crippen molar-refractivity contribution < 1.29 is 18.7 Å². The minimum atomic E-state index is -1.62. The Hall–Kier alpha value is -1.65. The van der Waals surface area contributed by atoms with Crippen molar-refractivity contribution in [1.82, 2.24) is 0 Å². The van der Waals surface area contributed by atoms with E-state index in [0.29, 0.717) is 0 Å². The number of nitrogens with one attached hydrogen (secondary N) is 1. The molecule has 1 aromatic rings. The van der Waals surface area contributed by atoms with Gasteiger partial charge in [0.1, 0.15) is 18.0 Å². The van der Waals surface area contributed by atoms with E-state index in [9.17, 15) is 13.6 Å². The maximum atomic E-state index is 13.5. The van der Waals surface area contributed by atoms with Crippen molar-refractivity contribution in [2.45, 2.75) is 19.5 Å². The summed E-state index contributed by atoms with van der Waals surface area (Å²) in [4.78, 5) is 10.3. The average molecular weight is 229 g/mol. The number of halogens is 2. The maximum absolute atomic E-state index is 13.5. The minimum Gasteiger partial charge on any atom is -0.480 e. The normalized spacial score (nSPS) is 11.2. The number of carboxylic acid groups (broad SMARTS) is 1. The molecule has 0 unspecified atom stereocenters. The number of anilines is 1. The molecule has 1 rings (SSSR count). The first-order valence-corrected chi connectivity index (χ1v) is 4.75. The summed E-state index contributed by atoms with van der Waals surface area (Å²) >= 11 is 0. The minimum absolute atomic E-state index is 0.0513. The fraction of sp³-hybridized carbons (Fsp3) is 0.364. The molecule has 88 valence electrons. The average Bonchev–Trinajstić information content (AvgIpc) is 2.14. The van der Waals surface area contributed by atoms with E-state index in [-0.39, 0.29) is 17.8 Å². The first-order valence-electron chi connectivity index (χ1n) is 4.75. The number of carboxylic acids is 1. The van der Waals surface area contributed by atoms with Crippen LogP contribution in [0.4, 0.5) is 14.5 Å². The second-order valence-corrected chi connectivity index (χ2v) is 3.91. The molecule has 0 aromatic heterocycles. The molecule has 0 aliphatic heterocycles. The topological polar surface area (TPSA) is 49.3 Å². The monoisotopic (exact) mass is 229 g/mol. The van der Waals surface area contributed by atoms with Crippen molar-refractivity contribution in [3.05, 3.63) is 29.6 Å². The van der Waals surface area contributed by atoms with Crippen LogP contribution in [-0.4, -0.2) is 17.6 Å². The van der Waals surface area contributed by atoms with Gasteiger partial charge in [0.05, 0.1) is 5.69 Å². The molecule has 3 nitrogen and oxygen atoms in total. The van der Waals surface area contributed by atoms with Crippen molar-refractivity contribution in [1.29, 1.82) is 0 Å². The van der Waals surface area contributed by atoms with Crippen LogP contribution < -0.4 is 5.32 Å². The molecule has 0 saturated heterocycles. The van der Waals surface area contributed by atoms with Gasteiger partial charge in [0.15, 0.2) is 0 Å². The molecule has 0 aliphatic rings. The second-order valence-electron chi connectivity index (χ2n) is 3.91. The highest BCUT2D eigenvalue weighted by atomic mass is 19.1. The van der Waals surface area contributed by atoms with Crippen LogP contribution in [0.15, 0.2) is 18.2 Å². The summed E-state index contributed by atoms with van der Waals surface area (Å²) in [7, 11) is 0.